The fourth-order valence-corrected chi connectivity index (χ4v) is 1.21. The molecule has 0 bridgehead atoms. The first-order chi connectivity index (χ1) is 6.31. The Morgan fingerprint density at radius 3 is 2.62 bits per heavy atom. The van der Waals surface area contributed by atoms with E-state index in [2.05, 4.69) is 28.7 Å². The Morgan fingerprint density at radius 1 is 1.38 bits per heavy atom. The predicted molar refractivity (Wildman–Crippen MR) is 53.5 cm³/mol. The molecular weight excluding hydrogens is 164 g/mol. The van der Waals surface area contributed by atoms with Crippen molar-refractivity contribution in [2.24, 2.45) is 5.73 Å². The molecule has 13 heavy (non-hydrogen) atoms. The topological polar surface area (TPSA) is 55.0 Å². The maximum atomic E-state index is 5.46. The van der Waals surface area contributed by atoms with Gasteiger partial charge in [-0.2, -0.15) is 0 Å². The van der Waals surface area contributed by atoms with Crippen LogP contribution in [-0.4, -0.2) is 23.1 Å². The fourth-order valence-electron chi connectivity index (χ4n) is 1.21. The van der Waals surface area contributed by atoms with E-state index < -0.39 is 0 Å². The van der Waals surface area contributed by atoms with Crippen LogP contribution >= 0.6 is 0 Å². The lowest BCUT2D eigenvalue weighted by atomic mass is 10.4. The Morgan fingerprint density at radius 2 is 2.08 bits per heavy atom. The minimum Gasteiger partial charge on any atom is -0.357 e. The monoisotopic (exact) mass is 180 g/mol. The summed E-state index contributed by atoms with van der Waals surface area (Å²) in [7, 11) is 0. The van der Waals surface area contributed by atoms with E-state index in [0.29, 0.717) is 12.4 Å². The van der Waals surface area contributed by atoms with Gasteiger partial charge in [-0.15, -0.1) is 0 Å². The van der Waals surface area contributed by atoms with E-state index in [0.717, 1.165) is 18.9 Å². The average molecular weight is 180 g/mol. The van der Waals surface area contributed by atoms with Crippen molar-refractivity contribution in [2.75, 3.05) is 18.0 Å². The summed E-state index contributed by atoms with van der Waals surface area (Å²) in [6.07, 6.45) is 1.75. The highest BCUT2D eigenvalue weighted by Gasteiger charge is 2.03. The van der Waals surface area contributed by atoms with Crippen molar-refractivity contribution < 1.29 is 0 Å². The highest BCUT2D eigenvalue weighted by Crippen LogP contribution is 2.08. The molecule has 0 radical (unpaired) electrons. The van der Waals surface area contributed by atoms with Crippen LogP contribution in [0.5, 0.6) is 0 Å². The molecule has 1 aromatic rings. The van der Waals surface area contributed by atoms with E-state index >= 15 is 0 Å². The second kappa shape index (κ2) is 4.77. The van der Waals surface area contributed by atoms with Gasteiger partial charge >= 0.3 is 0 Å². The number of aromatic nitrogens is 2. The third kappa shape index (κ3) is 2.39. The maximum absolute atomic E-state index is 5.46. The van der Waals surface area contributed by atoms with Crippen molar-refractivity contribution in [3.05, 3.63) is 18.1 Å². The van der Waals surface area contributed by atoms with E-state index in [1.165, 1.54) is 0 Å². The lowest BCUT2D eigenvalue weighted by Crippen LogP contribution is -2.23. The highest BCUT2D eigenvalue weighted by molar-refractivity contribution is 5.36. The van der Waals surface area contributed by atoms with Gasteiger partial charge in [-0.3, -0.25) is 0 Å². The normalized spacial score (nSPS) is 10.1. The molecule has 0 saturated carbocycles. The van der Waals surface area contributed by atoms with Crippen molar-refractivity contribution in [2.45, 2.75) is 20.4 Å². The van der Waals surface area contributed by atoms with Gasteiger partial charge in [0.1, 0.15) is 11.6 Å². The van der Waals surface area contributed by atoms with Gasteiger partial charge in [0.25, 0.3) is 0 Å². The Kier molecular flexibility index (Phi) is 3.64. The van der Waals surface area contributed by atoms with E-state index in [9.17, 15) is 0 Å². The third-order valence-electron chi connectivity index (χ3n) is 1.96. The van der Waals surface area contributed by atoms with Crippen LogP contribution in [0, 0.1) is 0 Å². The van der Waals surface area contributed by atoms with Gasteiger partial charge in [0, 0.05) is 19.3 Å². The number of rotatable bonds is 4. The summed E-state index contributed by atoms with van der Waals surface area (Å²) in [6.45, 7) is 6.52. The summed E-state index contributed by atoms with van der Waals surface area (Å²) in [6, 6.07) is 1.91. The summed E-state index contributed by atoms with van der Waals surface area (Å²) in [5, 5.41) is 0. The van der Waals surface area contributed by atoms with Crippen molar-refractivity contribution >= 4 is 5.82 Å². The fraction of sp³-hybridized carbons (Fsp3) is 0.556. The molecule has 72 valence electrons. The van der Waals surface area contributed by atoms with Gasteiger partial charge in [-0.1, -0.05) is 0 Å². The van der Waals surface area contributed by atoms with Crippen LogP contribution in [0.15, 0.2) is 12.3 Å². The number of nitrogens with zero attached hydrogens (tertiary/aromatic N) is 3. The molecule has 0 atom stereocenters. The minimum absolute atomic E-state index is 0.398. The summed E-state index contributed by atoms with van der Waals surface area (Å²) in [5.41, 5.74) is 5.46. The molecule has 1 rings (SSSR count). The number of anilines is 1. The Labute approximate surface area is 78.8 Å². The van der Waals surface area contributed by atoms with Crippen LogP contribution in [0.4, 0.5) is 5.82 Å². The number of hydrogen-bond donors (Lipinski definition) is 1. The molecule has 0 saturated heterocycles. The first-order valence-corrected chi connectivity index (χ1v) is 4.58. The van der Waals surface area contributed by atoms with Crippen molar-refractivity contribution in [1.82, 2.24) is 9.97 Å². The molecule has 4 nitrogen and oxygen atoms in total. The second-order valence-corrected chi connectivity index (χ2v) is 2.71. The molecule has 0 aromatic carbocycles. The highest BCUT2D eigenvalue weighted by atomic mass is 15.2. The van der Waals surface area contributed by atoms with Crippen molar-refractivity contribution in [1.29, 1.82) is 0 Å². The molecule has 0 aliphatic heterocycles. The van der Waals surface area contributed by atoms with Crippen LogP contribution in [0.1, 0.15) is 19.7 Å². The van der Waals surface area contributed by atoms with E-state index in [4.69, 9.17) is 5.73 Å². The molecular formula is C9H16N4. The van der Waals surface area contributed by atoms with Gasteiger partial charge in [-0.25, -0.2) is 9.97 Å². The van der Waals surface area contributed by atoms with Gasteiger partial charge in [0.15, 0.2) is 0 Å². The predicted octanol–water partition coefficient (Wildman–Crippen LogP) is 0.781. The van der Waals surface area contributed by atoms with Crippen molar-refractivity contribution in [3.63, 3.8) is 0 Å². The van der Waals surface area contributed by atoms with Crippen LogP contribution in [0.25, 0.3) is 0 Å². The molecule has 0 fully saturated rings. The number of hydrogen-bond acceptors (Lipinski definition) is 4. The minimum atomic E-state index is 0.398. The van der Waals surface area contributed by atoms with Crippen LogP contribution in [0.2, 0.25) is 0 Å². The Balaban J connectivity index is 2.86. The molecule has 1 aromatic heterocycles. The average Bonchev–Trinajstić information content (AvgIpc) is 2.20. The third-order valence-corrected chi connectivity index (χ3v) is 1.96. The van der Waals surface area contributed by atoms with Crippen LogP contribution in [0.3, 0.4) is 0 Å². The van der Waals surface area contributed by atoms with Gasteiger partial charge < -0.3 is 10.6 Å². The zero-order chi connectivity index (χ0) is 9.68. The SMILES string of the molecule is CCN(CC)c1ccnc(CN)n1. The molecule has 4 heteroatoms. The lowest BCUT2D eigenvalue weighted by Gasteiger charge is -2.19. The summed E-state index contributed by atoms with van der Waals surface area (Å²) in [4.78, 5) is 10.5. The summed E-state index contributed by atoms with van der Waals surface area (Å²) in [5.74, 6) is 1.66. The zero-order valence-corrected chi connectivity index (χ0v) is 8.20. The molecule has 0 unspecified atom stereocenters. The molecule has 2 N–H and O–H groups in total. The smallest absolute Gasteiger partial charge is 0.144 e. The summed E-state index contributed by atoms with van der Waals surface area (Å²) < 4.78 is 0. The number of nitrogens with two attached hydrogens (primary N) is 1. The van der Waals surface area contributed by atoms with Gasteiger partial charge in [0.05, 0.1) is 6.54 Å². The summed E-state index contributed by atoms with van der Waals surface area (Å²) >= 11 is 0. The van der Waals surface area contributed by atoms with Crippen LogP contribution in [-0.2, 0) is 6.54 Å². The van der Waals surface area contributed by atoms with E-state index in [1.54, 1.807) is 6.20 Å². The first-order valence-electron chi connectivity index (χ1n) is 4.58. The van der Waals surface area contributed by atoms with Crippen molar-refractivity contribution in [3.8, 4) is 0 Å². The molecule has 1 heterocycles. The molecule has 0 spiro atoms. The molecule has 0 aliphatic rings. The standard InChI is InChI=1S/C9H16N4/c1-3-13(4-2)9-5-6-11-8(7-10)12-9/h5-6H,3-4,7,10H2,1-2H3. The van der Waals surface area contributed by atoms with E-state index in [-0.39, 0.29) is 0 Å². The Bertz CT molecular complexity index is 258. The largest absolute Gasteiger partial charge is 0.357 e. The lowest BCUT2D eigenvalue weighted by molar-refractivity contribution is 0.817. The van der Waals surface area contributed by atoms with Gasteiger partial charge in [0.2, 0.25) is 0 Å². The zero-order valence-electron chi connectivity index (χ0n) is 8.20. The van der Waals surface area contributed by atoms with Gasteiger partial charge in [-0.05, 0) is 19.9 Å². The Hall–Kier alpha value is -1.16. The maximum Gasteiger partial charge on any atom is 0.144 e. The van der Waals surface area contributed by atoms with E-state index in [1.807, 2.05) is 6.07 Å². The molecule has 0 amide bonds. The first kappa shape index (κ1) is 9.92. The van der Waals surface area contributed by atoms with Crippen LogP contribution < -0.4 is 10.6 Å². The molecule has 0 aliphatic carbocycles. The second-order valence-electron chi connectivity index (χ2n) is 2.71. The quantitative estimate of drug-likeness (QED) is 0.744.